The van der Waals surface area contributed by atoms with Crippen molar-refractivity contribution in [1.29, 1.82) is 0 Å². The maximum absolute atomic E-state index is 12.0. The van der Waals surface area contributed by atoms with Crippen molar-refractivity contribution in [3.8, 4) is 0 Å². The highest BCUT2D eigenvalue weighted by Crippen LogP contribution is 2.17. The summed E-state index contributed by atoms with van der Waals surface area (Å²) >= 11 is 5.95. The van der Waals surface area contributed by atoms with Gasteiger partial charge in [-0.1, -0.05) is 28.9 Å². The van der Waals surface area contributed by atoms with Crippen molar-refractivity contribution in [2.24, 2.45) is 10.9 Å². The monoisotopic (exact) mass is 289 g/mol. The Balaban J connectivity index is 2.15. The molecule has 0 atom stereocenters. The van der Waals surface area contributed by atoms with Gasteiger partial charge in [0, 0.05) is 11.3 Å². The number of oxime groups is 1. The molecule has 20 heavy (non-hydrogen) atoms. The van der Waals surface area contributed by atoms with Crippen LogP contribution in [-0.4, -0.2) is 17.0 Å². The van der Waals surface area contributed by atoms with Gasteiger partial charge < -0.3 is 16.3 Å². The van der Waals surface area contributed by atoms with Crippen LogP contribution in [0.15, 0.2) is 53.7 Å². The first-order valence-electron chi connectivity index (χ1n) is 5.75. The zero-order valence-electron chi connectivity index (χ0n) is 10.4. The van der Waals surface area contributed by atoms with Crippen LogP contribution in [0.4, 0.5) is 5.69 Å². The molecule has 102 valence electrons. The molecule has 5 nitrogen and oxygen atoms in total. The van der Waals surface area contributed by atoms with Crippen LogP contribution in [0.5, 0.6) is 0 Å². The van der Waals surface area contributed by atoms with E-state index in [0.717, 1.165) is 0 Å². The van der Waals surface area contributed by atoms with Crippen LogP contribution in [-0.2, 0) is 0 Å². The van der Waals surface area contributed by atoms with E-state index in [4.69, 9.17) is 22.5 Å². The average Bonchev–Trinajstić information content (AvgIpc) is 2.47. The quantitative estimate of drug-likeness (QED) is 0.351. The Bertz CT molecular complexity index is 654. The number of hydrogen-bond donors (Lipinski definition) is 3. The van der Waals surface area contributed by atoms with E-state index in [9.17, 15) is 4.79 Å². The molecule has 2 rings (SSSR count). The summed E-state index contributed by atoms with van der Waals surface area (Å²) in [7, 11) is 0. The highest BCUT2D eigenvalue weighted by atomic mass is 35.5. The van der Waals surface area contributed by atoms with Crippen molar-refractivity contribution in [2.75, 3.05) is 5.32 Å². The van der Waals surface area contributed by atoms with Crippen molar-refractivity contribution in [3.05, 3.63) is 64.7 Å². The number of benzene rings is 2. The number of carbonyl (C=O) groups is 1. The molecule has 0 saturated carbocycles. The molecule has 0 unspecified atom stereocenters. The molecule has 0 aromatic heterocycles. The van der Waals surface area contributed by atoms with E-state index >= 15 is 0 Å². The van der Waals surface area contributed by atoms with E-state index in [1.54, 1.807) is 48.5 Å². The van der Waals surface area contributed by atoms with Gasteiger partial charge in [-0.05, 0) is 36.4 Å². The third-order valence-corrected chi connectivity index (χ3v) is 2.99. The molecular weight excluding hydrogens is 278 g/mol. The molecule has 0 aliphatic rings. The van der Waals surface area contributed by atoms with Gasteiger partial charge in [-0.15, -0.1) is 0 Å². The molecule has 0 heterocycles. The lowest BCUT2D eigenvalue weighted by molar-refractivity contribution is 0.102. The summed E-state index contributed by atoms with van der Waals surface area (Å²) in [6.07, 6.45) is 0. The lowest BCUT2D eigenvalue weighted by atomic mass is 10.1. The minimum atomic E-state index is -0.299. The predicted molar refractivity (Wildman–Crippen MR) is 78.4 cm³/mol. The molecule has 1 amide bonds. The van der Waals surface area contributed by atoms with Crippen molar-refractivity contribution in [3.63, 3.8) is 0 Å². The molecular formula is C14H12ClN3O2. The Morgan fingerprint density at radius 3 is 2.40 bits per heavy atom. The number of nitrogens with one attached hydrogen (secondary N) is 1. The second-order valence-corrected chi connectivity index (χ2v) is 4.40. The number of amides is 1. The number of anilines is 1. The first-order valence-corrected chi connectivity index (χ1v) is 6.13. The SMILES string of the molecule is N/C(=N/O)c1ccc(NC(=O)c2ccccc2Cl)cc1. The predicted octanol–water partition coefficient (Wildman–Crippen LogP) is 2.69. The van der Waals surface area contributed by atoms with Gasteiger partial charge in [0.1, 0.15) is 0 Å². The van der Waals surface area contributed by atoms with Gasteiger partial charge >= 0.3 is 0 Å². The van der Waals surface area contributed by atoms with E-state index in [0.29, 0.717) is 21.8 Å². The minimum absolute atomic E-state index is 0.00832. The Hall–Kier alpha value is -2.53. The zero-order valence-corrected chi connectivity index (χ0v) is 11.1. The van der Waals surface area contributed by atoms with Gasteiger partial charge in [-0.3, -0.25) is 4.79 Å². The van der Waals surface area contributed by atoms with Gasteiger partial charge in [-0.25, -0.2) is 0 Å². The fourth-order valence-corrected chi connectivity index (χ4v) is 1.85. The van der Waals surface area contributed by atoms with Crippen molar-refractivity contribution >= 4 is 29.0 Å². The van der Waals surface area contributed by atoms with Crippen molar-refractivity contribution in [1.82, 2.24) is 0 Å². The largest absolute Gasteiger partial charge is 0.409 e. The summed E-state index contributed by atoms with van der Waals surface area (Å²) in [6.45, 7) is 0. The lowest BCUT2D eigenvalue weighted by Gasteiger charge is -2.07. The summed E-state index contributed by atoms with van der Waals surface area (Å²) in [5.41, 5.74) is 7.00. The van der Waals surface area contributed by atoms with E-state index in [1.807, 2.05) is 0 Å². The minimum Gasteiger partial charge on any atom is -0.409 e. The number of nitrogens with zero attached hydrogens (tertiary/aromatic N) is 1. The molecule has 0 bridgehead atoms. The molecule has 6 heteroatoms. The summed E-state index contributed by atoms with van der Waals surface area (Å²) in [5.74, 6) is -0.291. The van der Waals surface area contributed by atoms with Gasteiger partial charge in [0.15, 0.2) is 5.84 Å². The maximum Gasteiger partial charge on any atom is 0.257 e. The normalized spacial score (nSPS) is 11.2. The fourth-order valence-electron chi connectivity index (χ4n) is 1.63. The van der Waals surface area contributed by atoms with Gasteiger partial charge in [0.05, 0.1) is 10.6 Å². The first-order chi connectivity index (χ1) is 9.61. The zero-order chi connectivity index (χ0) is 14.5. The van der Waals surface area contributed by atoms with Crippen molar-refractivity contribution < 1.29 is 10.0 Å². The van der Waals surface area contributed by atoms with Gasteiger partial charge in [0.25, 0.3) is 5.91 Å². The summed E-state index contributed by atoms with van der Waals surface area (Å²) in [6, 6.07) is 13.4. The molecule has 0 saturated heterocycles. The summed E-state index contributed by atoms with van der Waals surface area (Å²) in [5, 5.41) is 14.6. The van der Waals surface area contributed by atoms with Crippen molar-refractivity contribution in [2.45, 2.75) is 0 Å². The second-order valence-electron chi connectivity index (χ2n) is 4.00. The number of rotatable bonds is 3. The summed E-state index contributed by atoms with van der Waals surface area (Å²) < 4.78 is 0. The van der Waals surface area contributed by atoms with E-state index in [-0.39, 0.29) is 11.7 Å². The number of hydrogen-bond acceptors (Lipinski definition) is 3. The van der Waals surface area contributed by atoms with Crippen LogP contribution in [0.2, 0.25) is 5.02 Å². The number of carbonyl (C=O) groups excluding carboxylic acids is 1. The average molecular weight is 290 g/mol. The van der Waals surface area contributed by atoms with Crippen LogP contribution >= 0.6 is 11.6 Å². The Morgan fingerprint density at radius 1 is 1.15 bits per heavy atom. The molecule has 0 aliphatic heterocycles. The van der Waals surface area contributed by atoms with Crippen LogP contribution in [0, 0.1) is 0 Å². The standard InChI is InChI=1S/C14H12ClN3O2/c15-12-4-2-1-3-11(12)14(19)17-10-7-5-9(6-8-10)13(16)18-20/h1-8,20H,(H2,16,18)(H,17,19). The van der Waals surface area contributed by atoms with Crippen LogP contribution < -0.4 is 11.1 Å². The highest BCUT2D eigenvalue weighted by Gasteiger charge is 2.09. The van der Waals surface area contributed by atoms with Gasteiger partial charge in [0.2, 0.25) is 0 Å². The molecule has 0 aliphatic carbocycles. The third kappa shape index (κ3) is 3.07. The molecule has 2 aromatic carbocycles. The highest BCUT2D eigenvalue weighted by molar-refractivity contribution is 6.34. The Labute approximate surface area is 120 Å². The number of amidine groups is 1. The van der Waals surface area contributed by atoms with E-state index in [2.05, 4.69) is 10.5 Å². The summed E-state index contributed by atoms with van der Waals surface area (Å²) in [4.78, 5) is 12.0. The van der Waals surface area contributed by atoms with Crippen LogP contribution in [0.25, 0.3) is 0 Å². The molecule has 0 radical (unpaired) electrons. The second kappa shape index (κ2) is 6.08. The lowest BCUT2D eigenvalue weighted by Crippen LogP contribution is -2.14. The van der Waals surface area contributed by atoms with Crippen LogP contribution in [0.3, 0.4) is 0 Å². The first kappa shape index (κ1) is 13.9. The topological polar surface area (TPSA) is 87.7 Å². The molecule has 0 fully saturated rings. The smallest absolute Gasteiger partial charge is 0.257 e. The van der Waals surface area contributed by atoms with Gasteiger partial charge in [-0.2, -0.15) is 0 Å². The molecule has 2 aromatic rings. The van der Waals surface area contributed by atoms with E-state index in [1.165, 1.54) is 0 Å². The third-order valence-electron chi connectivity index (χ3n) is 2.66. The number of halogens is 1. The molecule has 0 spiro atoms. The Morgan fingerprint density at radius 2 is 1.80 bits per heavy atom. The number of nitrogens with two attached hydrogens (primary N) is 1. The maximum atomic E-state index is 12.0. The van der Waals surface area contributed by atoms with Crippen LogP contribution in [0.1, 0.15) is 15.9 Å². The molecule has 4 N–H and O–H groups in total. The van der Waals surface area contributed by atoms with E-state index < -0.39 is 0 Å². The Kier molecular flexibility index (Phi) is 4.22. The fraction of sp³-hybridized carbons (Fsp3) is 0.